The smallest absolute Gasteiger partial charge is 0.292 e. The Morgan fingerprint density at radius 2 is 2.20 bits per heavy atom. The number of alkyl halides is 1. The predicted octanol–water partition coefficient (Wildman–Crippen LogP) is 1.53. The zero-order valence-electron chi connectivity index (χ0n) is 7.77. The van der Waals surface area contributed by atoms with Crippen LogP contribution in [0.3, 0.4) is 0 Å². The first kappa shape index (κ1) is 11.5. The average molecular weight is 229 g/mol. The third kappa shape index (κ3) is 2.66. The van der Waals surface area contributed by atoms with Crippen LogP contribution in [-0.4, -0.2) is 16.6 Å². The summed E-state index contributed by atoms with van der Waals surface area (Å²) >= 11 is 5.33. The number of nitro groups is 1. The van der Waals surface area contributed by atoms with Gasteiger partial charge in [0.05, 0.1) is 10.8 Å². The second kappa shape index (κ2) is 4.75. The molecule has 0 aliphatic rings. The van der Waals surface area contributed by atoms with E-state index in [2.05, 4.69) is 0 Å². The predicted molar refractivity (Wildman–Crippen MR) is 56.9 cm³/mol. The van der Waals surface area contributed by atoms with Crippen molar-refractivity contribution in [3.8, 4) is 0 Å². The van der Waals surface area contributed by atoms with Crippen molar-refractivity contribution in [2.75, 3.05) is 11.6 Å². The minimum atomic E-state index is -0.579. The molecule has 1 aromatic carbocycles. The monoisotopic (exact) mass is 228 g/mol. The van der Waals surface area contributed by atoms with Crippen molar-refractivity contribution < 1.29 is 9.72 Å². The average Bonchev–Trinajstić information content (AvgIpc) is 2.20. The summed E-state index contributed by atoms with van der Waals surface area (Å²) < 4.78 is 0. The fourth-order valence-electron chi connectivity index (χ4n) is 1.17. The van der Waals surface area contributed by atoms with Gasteiger partial charge < -0.3 is 5.73 Å². The highest BCUT2D eigenvalue weighted by atomic mass is 35.5. The number of rotatable bonds is 4. The van der Waals surface area contributed by atoms with Crippen molar-refractivity contribution >= 4 is 28.8 Å². The minimum Gasteiger partial charge on any atom is -0.393 e. The Morgan fingerprint density at radius 1 is 1.53 bits per heavy atom. The van der Waals surface area contributed by atoms with Crippen molar-refractivity contribution in [1.29, 1.82) is 0 Å². The number of nitrogen functional groups attached to an aromatic ring is 1. The Hall–Kier alpha value is -1.62. The van der Waals surface area contributed by atoms with Crippen molar-refractivity contribution in [1.82, 2.24) is 0 Å². The number of nitrogens with two attached hydrogens (primary N) is 1. The van der Waals surface area contributed by atoms with Crippen LogP contribution in [0.4, 0.5) is 11.4 Å². The first-order valence-corrected chi connectivity index (χ1v) is 4.69. The van der Waals surface area contributed by atoms with Gasteiger partial charge in [0, 0.05) is 12.5 Å². The maximum atomic E-state index is 11.1. The highest BCUT2D eigenvalue weighted by molar-refractivity contribution is 6.27. The van der Waals surface area contributed by atoms with Crippen LogP contribution >= 0.6 is 11.6 Å². The molecule has 0 spiro atoms. The second-order valence-electron chi connectivity index (χ2n) is 2.96. The Labute approximate surface area is 91.0 Å². The van der Waals surface area contributed by atoms with E-state index in [1.807, 2.05) is 0 Å². The molecule has 0 aliphatic heterocycles. The van der Waals surface area contributed by atoms with E-state index >= 15 is 0 Å². The number of carbonyl (C=O) groups excluding carboxylic acids is 1. The molecule has 15 heavy (non-hydrogen) atoms. The number of anilines is 1. The molecule has 1 aromatic rings. The molecule has 5 nitrogen and oxygen atoms in total. The van der Waals surface area contributed by atoms with Crippen LogP contribution in [-0.2, 0) is 11.2 Å². The summed E-state index contributed by atoms with van der Waals surface area (Å²) in [7, 11) is 0. The van der Waals surface area contributed by atoms with E-state index in [1.165, 1.54) is 12.1 Å². The van der Waals surface area contributed by atoms with E-state index in [0.29, 0.717) is 5.56 Å². The van der Waals surface area contributed by atoms with Gasteiger partial charge in [0.1, 0.15) is 5.69 Å². The number of Topliss-reactive ketones (excluding diaryl/α,β-unsaturated/α-hetero) is 1. The molecule has 0 saturated carbocycles. The van der Waals surface area contributed by atoms with Crippen LogP contribution in [0, 0.1) is 10.1 Å². The maximum absolute atomic E-state index is 11.1. The van der Waals surface area contributed by atoms with Crippen LogP contribution < -0.4 is 5.73 Å². The van der Waals surface area contributed by atoms with Crippen LogP contribution in [0.5, 0.6) is 0 Å². The van der Waals surface area contributed by atoms with Crippen LogP contribution in [0.15, 0.2) is 18.2 Å². The molecule has 1 rings (SSSR count). The van der Waals surface area contributed by atoms with Gasteiger partial charge >= 0.3 is 0 Å². The SMILES string of the molecule is Nc1c(CC(=O)CCl)cccc1[N+](=O)[O-]. The van der Waals surface area contributed by atoms with Gasteiger partial charge in [0.15, 0.2) is 5.78 Å². The second-order valence-corrected chi connectivity index (χ2v) is 3.22. The maximum Gasteiger partial charge on any atom is 0.292 e. The topological polar surface area (TPSA) is 86.2 Å². The van der Waals surface area contributed by atoms with Crippen molar-refractivity contribution in [3.63, 3.8) is 0 Å². The number of nitrogens with zero attached hydrogens (tertiary/aromatic N) is 1. The summed E-state index contributed by atoms with van der Waals surface area (Å²) in [5.74, 6) is -0.342. The Kier molecular flexibility index (Phi) is 3.62. The highest BCUT2D eigenvalue weighted by Crippen LogP contribution is 2.25. The van der Waals surface area contributed by atoms with E-state index in [0.717, 1.165) is 0 Å². The number of para-hydroxylation sites is 1. The minimum absolute atomic E-state index is 0.0248. The lowest BCUT2D eigenvalue weighted by molar-refractivity contribution is -0.383. The van der Waals surface area contributed by atoms with E-state index in [4.69, 9.17) is 17.3 Å². The van der Waals surface area contributed by atoms with E-state index < -0.39 is 4.92 Å². The van der Waals surface area contributed by atoms with Gasteiger partial charge in [-0.3, -0.25) is 14.9 Å². The quantitative estimate of drug-likeness (QED) is 0.366. The zero-order chi connectivity index (χ0) is 11.4. The normalized spacial score (nSPS) is 9.93. The van der Waals surface area contributed by atoms with Gasteiger partial charge in [-0.15, -0.1) is 11.6 Å². The summed E-state index contributed by atoms with van der Waals surface area (Å²) in [5.41, 5.74) is 5.83. The molecular formula is C9H9ClN2O3. The summed E-state index contributed by atoms with van der Waals surface area (Å²) in [5, 5.41) is 10.5. The number of ketones is 1. The number of benzene rings is 1. The van der Waals surface area contributed by atoms with Crippen molar-refractivity contribution in [2.45, 2.75) is 6.42 Å². The van der Waals surface area contributed by atoms with E-state index in [9.17, 15) is 14.9 Å². The van der Waals surface area contributed by atoms with E-state index in [1.54, 1.807) is 6.07 Å². The Morgan fingerprint density at radius 3 is 2.73 bits per heavy atom. The van der Waals surface area contributed by atoms with Gasteiger partial charge in [0.25, 0.3) is 5.69 Å². The number of carbonyl (C=O) groups is 1. The molecule has 2 N–H and O–H groups in total. The van der Waals surface area contributed by atoms with Crippen LogP contribution in [0.25, 0.3) is 0 Å². The third-order valence-electron chi connectivity index (χ3n) is 1.91. The molecule has 0 fully saturated rings. The number of hydrogen-bond donors (Lipinski definition) is 1. The van der Waals surface area contributed by atoms with Crippen LogP contribution in [0.2, 0.25) is 0 Å². The number of hydrogen-bond acceptors (Lipinski definition) is 4. The highest BCUT2D eigenvalue weighted by Gasteiger charge is 2.15. The molecule has 0 saturated heterocycles. The summed E-state index contributed by atoms with van der Waals surface area (Å²) in [6, 6.07) is 4.36. The Balaban J connectivity index is 3.04. The van der Waals surface area contributed by atoms with E-state index in [-0.39, 0.29) is 29.5 Å². The summed E-state index contributed by atoms with van der Waals surface area (Å²) in [6.45, 7) is 0. The fourth-order valence-corrected chi connectivity index (χ4v) is 1.27. The lowest BCUT2D eigenvalue weighted by Crippen LogP contribution is -2.07. The molecule has 0 aliphatic carbocycles. The summed E-state index contributed by atoms with van der Waals surface area (Å²) in [4.78, 5) is 21.0. The van der Waals surface area contributed by atoms with Crippen LogP contribution in [0.1, 0.15) is 5.56 Å². The molecule has 0 aromatic heterocycles. The van der Waals surface area contributed by atoms with Gasteiger partial charge in [-0.1, -0.05) is 12.1 Å². The Bertz CT molecular complexity index is 406. The zero-order valence-corrected chi connectivity index (χ0v) is 8.53. The first-order valence-electron chi connectivity index (χ1n) is 4.15. The molecule has 80 valence electrons. The van der Waals surface area contributed by atoms with Gasteiger partial charge in [-0.2, -0.15) is 0 Å². The lowest BCUT2D eigenvalue weighted by Gasteiger charge is -2.03. The lowest BCUT2D eigenvalue weighted by atomic mass is 10.1. The van der Waals surface area contributed by atoms with Crippen molar-refractivity contribution in [3.05, 3.63) is 33.9 Å². The van der Waals surface area contributed by atoms with Gasteiger partial charge in [-0.05, 0) is 5.56 Å². The molecule has 0 radical (unpaired) electrons. The molecule has 6 heteroatoms. The molecule has 0 bridgehead atoms. The third-order valence-corrected chi connectivity index (χ3v) is 2.20. The van der Waals surface area contributed by atoms with Gasteiger partial charge in [-0.25, -0.2) is 0 Å². The first-order chi connectivity index (χ1) is 7.06. The molecular weight excluding hydrogens is 220 g/mol. The fraction of sp³-hybridized carbons (Fsp3) is 0.222. The largest absolute Gasteiger partial charge is 0.393 e. The molecule has 0 amide bonds. The standard InChI is InChI=1S/C9H9ClN2O3/c10-5-7(13)4-6-2-1-3-8(9(6)11)12(14)15/h1-3H,4-5,11H2. The summed E-state index contributed by atoms with van der Waals surface area (Å²) in [6.07, 6.45) is 0.0248. The van der Waals surface area contributed by atoms with Crippen molar-refractivity contribution in [2.24, 2.45) is 0 Å². The molecule has 0 atom stereocenters. The number of halogens is 1. The van der Waals surface area contributed by atoms with Gasteiger partial charge in [0.2, 0.25) is 0 Å². The molecule has 0 heterocycles. The number of nitro benzene ring substituents is 1. The molecule has 0 unspecified atom stereocenters.